The van der Waals surface area contributed by atoms with Crippen LogP contribution in [0, 0.1) is 0 Å². The van der Waals surface area contributed by atoms with Gasteiger partial charge in [-0.15, -0.1) is 0 Å². The van der Waals surface area contributed by atoms with Crippen molar-refractivity contribution in [3.8, 4) is 23.0 Å². The molecule has 9 heteroatoms. The fraction of sp³-hybridized carbons (Fsp3) is 0.360. The van der Waals surface area contributed by atoms with Gasteiger partial charge >= 0.3 is 0 Å². The molecule has 0 bridgehead atoms. The van der Waals surface area contributed by atoms with Gasteiger partial charge in [0.1, 0.15) is 30.5 Å². The second kappa shape index (κ2) is 9.64. The summed E-state index contributed by atoms with van der Waals surface area (Å²) in [4.78, 5) is 29.0. The molecule has 4 rings (SSSR count). The molecule has 2 aliphatic rings. The number of likely N-dealkylation sites (tertiary alicyclic amines) is 1. The van der Waals surface area contributed by atoms with Crippen molar-refractivity contribution in [2.75, 3.05) is 54.6 Å². The second-order valence-electron chi connectivity index (χ2n) is 8.42. The number of hydrogen-bond donors (Lipinski definition) is 2. The van der Waals surface area contributed by atoms with Gasteiger partial charge in [0.15, 0.2) is 11.5 Å². The Morgan fingerprint density at radius 2 is 1.79 bits per heavy atom. The Morgan fingerprint density at radius 1 is 1.06 bits per heavy atom. The number of benzene rings is 2. The maximum Gasteiger partial charge on any atom is 0.295 e. The monoisotopic (exact) mass is 469 g/mol. The van der Waals surface area contributed by atoms with Crippen LogP contribution in [0.25, 0.3) is 5.76 Å². The van der Waals surface area contributed by atoms with Crippen LogP contribution in [-0.4, -0.2) is 76.3 Å². The van der Waals surface area contributed by atoms with Crippen LogP contribution in [0.5, 0.6) is 23.0 Å². The highest BCUT2D eigenvalue weighted by molar-refractivity contribution is 6.46. The smallest absolute Gasteiger partial charge is 0.295 e. The van der Waals surface area contributed by atoms with E-state index in [2.05, 4.69) is 0 Å². The number of hydrogen-bond acceptors (Lipinski definition) is 7. The summed E-state index contributed by atoms with van der Waals surface area (Å²) in [7, 11) is 6.99. The molecule has 0 unspecified atom stereocenters. The van der Waals surface area contributed by atoms with Gasteiger partial charge in [0, 0.05) is 17.2 Å². The van der Waals surface area contributed by atoms with Crippen LogP contribution < -0.4 is 23.8 Å². The topological polar surface area (TPSA) is 99.0 Å². The van der Waals surface area contributed by atoms with E-state index >= 15 is 0 Å². The molecule has 2 heterocycles. The Balaban J connectivity index is 1.87. The maximum atomic E-state index is 13.2. The van der Waals surface area contributed by atoms with E-state index in [1.165, 1.54) is 12.0 Å². The van der Waals surface area contributed by atoms with Gasteiger partial charge in [-0.1, -0.05) is 0 Å². The summed E-state index contributed by atoms with van der Waals surface area (Å²) >= 11 is 0. The Hall–Kier alpha value is -3.72. The standard InChI is InChI=1S/C25H28N2O7/c1-26(2)9-10-27-22(17-7-6-16(31-3)14-19(17)32-4)21(24(29)25(27)30)23(28)15-5-8-18-20(13-15)34-12-11-33-18/h5-8,13-14,22,28H,9-12H2,1-4H3/p+1/t22-/m1/s1. The van der Waals surface area contributed by atoms with Gasteiger partial charge in [-0.3, -0.25) is 9.59 Å². The largest absolute Gasteiger partial charge is 0.507 e. The quantitative estimate of drug-likeness (QED) is 0.355. The summed E-state index contributed by atoms with van der Waals surface area (Å²) < 4.78 is 22.1. The molecule has 2 N–H and O–H groups in total. The number of quaternary nitrogens is 1. The molecular formula is C25H29N2O7+. The normalized spacial score (nSPS) is 19.0. The number of rotatable bonds is 7. The third-order valence-corrected chi connectivity index (χ3v) is 5.94. The fourth-order valence-electron chi connectivity index (χ4n) is 4.17. The van der Waals surface area contributed by atoms with Crippen molar-refractivity contribution in [3.05, 3.63) is 53.1 Å². The zero-order valence-corrected chi connectivity index (χ0v) is 19.7. The average Bonchev–Trinajstić information content (AvgIpc) is 3.10. The lowest BCUT2D eigenvalue weighted by molar-refractivity contribution is -0.857. The van der Waals surface area contributed by atoms with Gasteiger partial charge in [0.05, 0.1) is 53.0 Å². The fourth-order valence-corrected chi connectivity index (χ4v) is 4.17. The highest BCUT2D eigenvalue weighted by Gasteiger charge is 2.47. The number of aliphatic hydroxyl groups is 1. The number of ether oxygens (including phenoxy) is 4. The zero-order chi connectivity index (χ0) is 24.4. The minimum Gasteiger partial charge on any atom is -0.507 e. The summed E-state index contributed by atoms with van der Waals surface area (Å²) in [5.74, 6) is 0.360. The third-order valence-electron chi connectivity index (χ3n) is 5.94. The number of Topliss-reactive ketones (excluding diaryl/α,β-unsaturated/α-hetero) is 1. The van der Waals surface area contributed by atoms with Crippen molar-refractivity contribution in [1.82, 2.24) is 4.90 Å². The van der Waals surface area contributed by atoms with Crippen molar-refractivity contribution < 1.29 is 38.5 Å². The van der Waals surface area contributed by atoms with Gasteiger partial charge in [-0.05, 0) is 30.3 Å². The van der Waals surface area contributed by atoms with Crippen molar-refractivity contribution >= 4 is 17.4 Å². The van der Waals surface area contributed by atoms with E-state index in [1.54, 1.807) is 43.5 Å². The molecule has 34 heavy (non-hydrogen) atoms. The van der Waals surface area contributed by atoms with Crippen LogP contribution in [0.4, 0.5) is 0 Å². The van der Waals surface area contributed by atoms with Gasteiger partial charge in [0.2, 0.25) is 0 Å². The number of carbonyl (C=O) groups is 2. The van der Waals surface area contributed by atoms with E-state index in [-0.39, 0.29) is 11.3 Å². The van der Waals surface area contributed by atoms with Crippen LogP contribution in [0.1, 0.15) is 17.2 Å². The summed E-state index contributed by atoms with van der Waals surface area (Å²) in [5.41, 5.74) is 0.937. The Morgan fingerprint density at radius 3 is 2.47 bits per heavy atom. The van der Waals surface area contributed by atoms with E-state index in [1.807, 2.05) is 14.1 Å². The highest BCUT2D eigenvalue weighted by Crippen LogP contribution is 2.44. The van der Waals surface area contributed by atoms with Crippen molar-refractivity contribution in [2.24, 2.45) is 0 Å². The van der Waals surface area contributed by atoms with Crippen LogP contribution >= 0.6 is 0 Å². The van der Waals surface area contributed by atoms with E-state index in [9.17, 15) is 14.7 Å². The lowest BCUT2D eigenvalue weighted by Crippen LogP contribution is -3.06. The van der Waals surface area contributed by atoms with Gasteiger partial charge in [0.25, 0.3) is 11.7 Å². The molecular weight excluding hydrogens is 440 g/mol. The number of aliphatic hydroxyl groups excluding tert-OH is 1. The first-order chi connectivity index (χ1) is 16.3. The molecule has 2 aromatic rings. The van der Waals surface area contributed by atoms with E-state index in [4.69, 9.17) is 18.9 Å². The molecule has 1 amide bonds. The SMILES string of the molecule is COc1ccc([C@@H]2C(=C(O)c3ccc4c(c3)OCCO4)C(=O)C(=O)N2CC[NH+](C)C)c(OC)c1. The Labute approximate surface area is 198 Å². The van der Waals surface area contributed by atoms with E-state index < -0.39 is 17.7 Å². The molecule has 2 aliphatic heterocycles. The molecule has 2 aromatic carbocycles. The molecule has 0 radical (unpaired) electrons. The maximum absolute atomic E-state index is 13.2. The van der Waals surface area contributed by atoms with Crippen LogP contribution in [0.15, 0.2) is 42.0 Å². The number of nitrogens with zero attached hydrogens (tertiary/aromatic N) is 1. The average molecular weight is 470 g/mol. The summed E-state index contributed by atoms with van der Waals surface area (Å²) in [6.45, 7) is 1.77. The van der Waals surface area contributed by atoms with Gasteiger partial charge in [-0.2, -0.15) is 0 Å². The van der Waals surface area contributed by atoms with E-state index in [0.717, 1.165) is 4.90 Å². The summed E-state index contributed by atoms with van der Waals surface area (Å²) in [6.07, 6.45) is 0. The lowest BCUT2D eigenvalue weighted by atomic mass is 9.94. The van der Waals surface area contributed by atoms with Crippen LogP contribution in [0.3, 0.4) is 0 Å². The number of amides is 1. The zero-order valence-electron chi connectivity index (χ0n) is 19.7. The van der Waals surface area contributed by atoms with Crippen molar-refractivity contribution in [2.45, 2.75) is 6.04 Å². The number of fused-ring (bicyclic) bond motifs is 1. The minimum atomic E-state index is -0.826. The molecule has 1 saturated heterocycles. The number of carbonyl (C=O) groups excluding carboxylic acids is 2. The third kappa shape index (κ3) is 4.26. The first-order valence-corrected chi connectivity index (χ1v) is 11.0. The molecule has 9 nitrogen and oxygen atoms in total. The molecule has 180 valence electrons. The van der Waals surface area contributed by atoms with Gasteiger partial charge < -0.3 is 33.9 Å². The predicted molar refractivity (Wildman–Crippen MR) is 124 cm³/mol. The summed E-state index contributed by atoms with van der Waals surface area (Å²) in [5, 5.41) is 11.3. The number of nitrogens with one attached hydrogen (secondary N) is 1. The van der Waals surface area contributed by atoms with Crippen molar-refractivity contribution in [3.63, 3.8) is 0 Å². The predicted octanol–water partition coefficient (Wildman–Crippen LogP) is 1.04. The first-order valence-electron chi connectivity index (χ1n) is 11.0. The Bertz CT molecular complexity index is 1140. The number of likely N-dealkylation sites (N-methyl/N-ethyl adjacent to an activating group) is 1. The van der Waals surface area contributed by atoms with Gasteiger partial charge in [-0.25, -0.2) is 0 Å². The molecule has 0 saturated carbocycles. The van der Waals surface area contributed by atoms with Crippen LogP contribution in [-0.2, 0) is 9.59 Å². The number of ketones is 1. The highest BCUT2D eigenvalue weighted by atomic mass is 16.6. The first kappa shape index (κ1) is 23.4. The molecule has 1 atom stereocenters. The molecule has 1 fully saturated rings. The lowest BCUT2D eigenvalue weighted by Gasteiger charge is -2.27. The molecule has 0 aromatic heterocycles. The Kier molecular flexibility index (Phi) is 6.65. The minimum absolute atomic E-state index is 0.00102. The van der Waals surface area contributed by atoms with Crippen LogP contribution in [0.2, 0.25) is 0 Å². The summed E-state index contributed by atoms with van der Waals surface area (Å²) in [6, 6.07) is 9.29. The number of methoxy groups -OCH3 is 2. The molecule has 0 spiro atoms. The van der Waals surface area contributed by atoms with Crippen molar-refractivity contribution in [1.29, 1.82) is 0 Å². The molecule has 0 aliphatic carbocycles. The second-order valence-corrected chi connectivity index (χ2v) is 8.42. The van der Waals surface area contributed by atoms with E-state index in [0.29, 0.717) is 60.4 Å².